The first-order chi connectivity index (χ1) is 11.1. The molecule has 3 rings (SSSR count). The summed E-state index contributed by atoms with van der Waals surface area (Å²) >= 11 is 0. The smallest absolute Gasteiger partial charge is 0.311 e. The van der Waals surface area contributed by atoms with E-state index >= 15 is 0 Å². The fourth-order valence-electron chi connectivity index (χ4n) is 2.67. The Labute approximate surface area is 133 Å². The van der Waals surface area contributed by atoms with Gasteiger partial charge in [-0.1, -0.05) is 42.5 Å². The monoisotopic (exact) mass is 306 g/mol. The molecule has 0 aliphatic carbocycles. The molecule has 1 aromatic heterocycles. The summed E-state index contributed by atoms with van der Waals surface area (Å²) in [6.45, 7) is 0.517. The van der Waals surface area contributed by atoms with Crippen LogP contribution < -0.4 is 4.57 Å². The van der Waals surface area contributed by atoms with Crippen molar-refractivity contribution in [2.75, 3.05) is 0 Å². The van der Waals surface area contributed by atoms with Gasteiger partial charge >= 0.3 is 5.97 Å². The number of nitrogens with zero attached hydrogens (tertiary/aromatic N) is 1. The van der Waals surface area contributed by atoms with Crippen LogP contribution in [0.3, 0.4) is 0 Å². The third kappa shape index (κ3) is 3.26. The van der Waals surface area contributed by atoms with Crippen LogP contribution in [0.4, 0.5) is 0 Å². The van der Waals surface area contributed by atoms with Gasteiger partial charge in [0.05, 0.1) is 0 Å². The van der Waals surface area contributed by atoms with Crippen LogP contribution in [0.1, 0.15) is 22.5 Å². The van der Waals surface area contributed by atoms with Crippen LogP contribution in [-0.4, -0.2) is 16.9 Å². The van der Waals surface area contributed by atoms with Crippen LogP contribution in [0.2, 0.25) is 0 Å². The minimum Gasteiger partial charge on any atom is -0.481 e. The zero-order valence-corrected chi connectivity index (χ0v) is 12.5. The van der Waals surface area contributed by atoms with Gasteiger partial charge in [0.1, 0.15) is 6.42 Å². The fourth-order valence-corrected chi connectivity index (χ4v) is 2.67. The molecule has 0 fully saturated rings. The largest absolute Gasteiger partial charge is 0.481 e. The van der Waals surface area contributed by atoms with Crippen molar-refractivity contribution in [1.29, 1.82) is 0 Å². The molecule has 1 heterocycles. The summed E-state index contributed by atoms with van der Waals surface area (Å²) in [5, 5.41) is 9.92. The summed E-state index contributed by atoms with van der Waals surface area (Å²) in [7, 11) is 0. The van der Waals surface area contributed by atoms with Gasteiger partial charge in [-0.25, -0.2) is 0 Å². The molecular weight excluding hydrogens is 290 g/mol. The minimum absolute atomic E-state index is 0.390. The summed E-state index contributed by atoms with van der Waals surface area (Å²) in [6.07, 6.45) is -0.507. The van der Waals surface area contributed by atoms with Crippen molar-refractivity contribution in [3.63, 3.8) is 0 Å². The van der Waals surface area contributed by atoms with E-state index < -0.39 is 12.4 Å². The molecule has 0 aliphatic heterocycles. The molecule has 114 valence electrons. The molecule has 0 unspecified atom stereocenters. The molecule has 2 aromatic carbocycles. The number of carbonyl (C=O) groups is 2. The molecule has 4 nitrogen and oxygen atoms in total. The number of carboxylic acid groups (broad SMARTS) is 1. The summed E-state index contributed by atoms with van der Waals surface area (Å²) in [5.74, 6) is -1.51. The highest BCUT2D eigenvalue weighted by atomic mass is 16.4. The summed E-state index contributed by atoms with van der Waals surface area (Å²) < 4.78 is 1.88. The molecule has 1 N–H and O–H groups in total. The lowest BCUT2D eigenvalue weighted by Gasteiger charge is -2.06. The van der Waals surface area contributed by atoms with Crippen molar-refractivity contribution in [2.45, 2.75) is 13.0 Å². The highest BCUT2D eigenvalue weighted by Crippen LogP contribution is 2.13. The third-order valence-electron chi connectivity index (χ3n) is 3.72. The molecule has 0 saturated carbocycles. The van der Waals surface area contributed by atoms with E-state index in [0.29, 0.717) is 12.2 Å². The Morgan fingerprint density at radius 3 is 2.30 bits per heavy atom. The van der Waals surface area contributed by atoms with Gasteiger partial charge in [0, 0.05) is 23.1 Å². The molecular formula is C19H16NO3+. The zero-order valence-electron chi connectivity index (χ0n) is 12.5. The number of ketones is 1. The Balaban J connectivity index is 2.13. The van der Waals surface area contributed by atoms with Crippen LogP contribution in [0, 0.1) is 0 Å². The van der Waals surface area contributed by atoms with Crippen molar-refractivity contribution in [3.05, 3.63) is 78.0 Å². The first-order valence-electron chi connectivity index (χ1n) is 7.35. The number of aliphatic carboxylic acids is 1. The van der Waals surface area contributed by atoms with E-state index in [4.69, 9.17) is 5.11 Å². The minimum atomic E-state index is -1.12. The summed E-state index contributed by atoms with van der Waals surface area (Å²) in [6, 6.07) is 21.1. The molecule has 0 spiro atoms. The molecule has 0 atom stereocenters. The fraction of sp³-hybridized carbons (Fsp3) is 0.105. The maximum absolute atomic E-state index is 12.3. The highest BCUT2D eigenvalue weighted by molar-refractivity contribution is 6.03. The SMILES string of the molecule is O=C(O)CC(=O)c1ccc2ccccc2[n+]1Cc1ccccc1. The second-order valence-corrected chi connectivity index (χ2v) is 5.34. The van der Waals surface area contributed by atoms with Crippen LogP contribution in [0.5, 0.6) is 0 Å². The molecule has 0 amide bonds. The quantitative estimate of drug-likeness (QED) is 0.448. The standard InChI is InChI=1S/C19H15NO3/c21-18(12-19(22)23)17-11-10-15-8-4-5-9-16(15)20(17)13-14-6-2-1-3-7-14/h1-11H,12-13H2/p+1. The second kappa shape index (κ2) is 6.40. The number of para-hydroxylation sites is 1. The third-order valence-corrected chi connectivity index (χ3v) is 3.72. The maximum atomic E-state index is 12.3. The number of aromatic nitrogens is 1. The van der Waals surface area contributed by atoms with Gasteiger partial charge in [0.15, 0.2) is 6.54 Å². The van der Waals surface area contributed by atoms with Gasteiger partial charge in [-0.05, 0) is 12.1 Å². The lowest BCUT2D eigenvalue weighted by Crippen LogP contribution is -2.42. The van der Waals surface area contributed by atoms with E-state index in [2.05, 4.69) is 0 Å². The maximum Gasteiger partial charge on any atom is 0.311 e. The van der Waals surface area contributed by atoms with Crippen molar-refractivity contribution in [3.8, 4) is 0 Å². The number of rotatable bonds is 5. The number of hydrogen-bond acceptors (Lipinski definition) is 2. The predicted octanol–water partition coefficient (Wildman–Crippen LogP) is 2.83. The van der Waals surface area contributed by atoms with Crippen molar-refractivity contribution in [2.24, 2.45) is 0 Å². The van der Waals surface area contributed by atoms with Gasteiger partial charge in [-0.15, -0.1) is 0 Å². The first kappa shape index (κ1) is 14.9. The van der Waals surface area contributed by atoms with Crippen LogP contribution in [0.25, 0.3) is 10.9 Å². The average Bonchev–Trinajstić information content (AvgIpc) is 2.55. The number of pyridine rings is 1. The molecule has 3 aromatic rings. The lowest BCUT2D eigenvalue weighted by molar-refractivity contribution is -0.664. The number of benzene rings is 2. The molecule has 0 aliphatic rings. The van der Waals surface area contributed by atoms with Crippen LogP contribution in [0.15, 0.2) is 66.7 Å². The number of carbonyl (C=O) groups excluding carboxylic acids is 1. The van der Waals surface area contributed by atoms with E-state index in [-0.39, 0.29) is 5.78 Å². The van der Waals surface area contributed by atoms with E-state index in [0.717, 1.165) is 16.5 Å². The normalized spacial score (nSPS) is 10.6. The summed E-state index contributed by atoms with van der Waals surface area (Å²) in [5.41, 5.74) is 2.38. The average molecular weight is 306 g/mol. The number of carboxylic acids is 1. The molecule has 4 heteroatoms. The highest BCUT2D eigenvalue weighted by Gasteiger charge is 2.24. The molecule has 0 bridgehead atoms. The van der Waals surface area contributed by atoms with Crippen LogP contribution >= 0.6 is 0 Å². The van der Waals surface area contributed by atoms with E-state index in [1.54, 1.807) is 6.07 Å². The van der Waals surface area contributed by atoms with E-state index in [1.165, 1.54) is 0 Å². The Morgan fingerprint density at radius 1 is 0.870 bits per heavy atom. The van der Waals surface area contributed by atoms with E-state index in [9.17, 15) is 9.59 Å². The van der Waals surface area contributed by atoms with E-state index in [1.807, 2.05) is 65.2 Å². The first-order valence-corrected chi connectivity index (χ1v) is 7.35. The van der Waals surface area contributed by atoms with Crippen LogP contribution in [-0.2, 0) is 11.3 Å². The Hall–Kier alpha value is -3.01. The molecule has 0 saturated heterocycles. The van der Waals surface area contributed by atoms with Gasteiger partial charge in [-0.3, -0.25) is 9.59 Å². The van der Waals surface area contributed by atoms with Gasteiger partial charge in [-0.2, -0.15) is 4.57 Å². The van der Waals surface area contributed by atoms with Gasteiger partial charge in [0.2, 0.25) is 17.0 Å². The topological polar surface area (TPSA) is 58.2 Å². The van der Waals surface area contributed by atoms with Gasteiger partial charge in [0.25, 0.3) is 0 Å². The molecule has 0 radical (unpaired) electrons. The summed E-state index contributed by atoms with van der Waals surface area (Å²) in [4.78, 5) is 23.2. The second-order valence-electron chi connectivity index (χ2n) is 5.34. The Bertz CT molecular complexity index is 872. The van der Waals surface area contributed by atoms with Crippen molar-refractivity contribution >= 4 is 22.7 Å². The zero-order chi connectivity index (χ0) is 16.2. The number of hydrogen-bond donors (Lipinski definition) is 1. The Morgan fingerprint density at radius 2 is 1.57 bits per heavy atom. The molecule has 23 heavy (non-hydrogen) atoms. The number of Topliss-reactive ketones (excluding diaryl/α,β-unsaturated/α-hetero) is 1. The van der Waals surface area contributed by atoms with Gasteiger partial charge < -0.3 is 5.11 Å². The predicted molar refractivity (Wildman–Crippen MR) is 86.3 cm³/mol. The Kier molecular flexibility index (Phi) is 4.15. The lowest BCUT2D eigenvalue weighted by atomic mass is 10.1. The van der Waals surface area contributed by atoms with Crippen molar-refractivity contribution in [1.82, 2.24) is 0 Å². The van der Waals surface area contributed by atoms with Crippen molar-refractivity contribution < 1.29 is 19.3 Å². The number of fused-ring (bicyclic) bond motifs is 1.